The number of esters is 1. The molecule has 0 amide bonds. The Hall–Kier alpha value is -1.44. The quantitative estimate of drug-likeness (QED) is 0.387. The third kappa shape index (κ3) is 70.2. The zero-order valence-electron chi connectivity index (χ0n) is 10.6. The molecule has 0 aliphatic heterocycles. The summed E-state index contributed by atoms with van der Waals surface area (Å²) < 4.78 is 67.7. The topological polar surface area (TPSA) is 158 Å². The summed E-state index contributed by atoms with van der Waals surface area (Å²) in [6, 6.07) is 0. The van der Waals surface area contributed by atoms with E-state index in [0.717, 1.165) is 7.11 Å². The second-order valence-corrected chi connectivity index (χ2v) is 3.07. The molecule has 0 saturated heterocycles. The maximum absolute atomic E-state index is 10.6. The van der Waals surface area contributed by atoms with Gasteiger partial charge in [-0.3, -0.25) is 13.9 Å². The Labute approximate surface area is 112 Å². The molecule has 0 aliphatic rings. The summed E-state index contributed by atoms with van der Waals surface area (Å²) in [6.45, 7) is 3.65. The van der Waals surface area contributed by atoms with Crippen LogP contribution in [0.4, 0.5) is 13.2 Å². The highest BCUT2D eigenvalue weighted by molar-refractivity contribution is 7.79. The molecule has 0 atom stereocenters. The average Bonchev–Trinajstić information content (AvgIpc) is 2.17. The summed E-state index contributed by atoms with van der Waals surface area (Å²) in [4.78, 5) is 18.7. The Morgan fingerprint density at radius 1 is 1.15 bits per heavy atom. The van der Waals surface area contributed by atoms with Gasteiger partial charge in [0.05, 0.1) is 6.61 Å². The molecule has 0 aromatic rings. The van der Waals surface area contributed by atoms with Gasteiger partial charge in [0, 0.05) is 14.0 Å². The molecule has 0 saturated carbocycles. The van der Waals surface area contributed by atoms with Gasteiger partial charge in [0.2, 0.25) is 0 Å². The van der Waals surface area contributed by atoms with Crippen molar-refractivity contribution in [3.05, 3.63) is 0 Å². The molecular formula is C7H15F3O9S. The number of aliphatic carboxylic acids is 1. The molecular weight excluding hydrogens is 317 g/mol. The van der Waals surface area contributed by atoms with Crippen LogP contribution in [0.5, 0.6) is 0 Å². The lowest BCUT2D eigenvalue weighted by Gasteiger charge is -1.93. The second-order valence-electron chi connectivity index (χ2n) is 2.18. The molecule has 9 nitrogen and oxygen atoms in total. The molecule has 13 heteroatoms. The predicted molar refractivity (Wildman–Crippen MR) is 58.3 cm³/mol. The number of carbonyl (C=O) groups excluding carboxylic acids is 1. The monoisotopic (exact) mass is 332 g/mol. The first-order chi connectivity index (χ1) is 8.71. The van der Waals surface area contributed by atoms with Crippen LogP contribution in [0.3, 0.4) is 0 Å². The van der Waals surface area contributed by atoms with Crippen molar-refractivity contribution in [3.8, 4) is 0 Å². The SMILES string of the molecule is CCOC(C)=O.CO.O=C(O)C(F)(F)F.O=S(=O)(O)O. The fourth-order valence-corrected chi connectivity index (χ4v) is 0.203. The average molecular weight is 332 g/mol. The van der Waals surface area contributed by atoms with Crippen LogP contribution in [-0.2, 0) is 24.7 Å². The van der Waals surface area contributed by atoms with Crippen molar-refractivity contribution in [2.75, 3.05) is 13.7 Å². The van der Waals surface area contributed by atoms with Crippen LogP contribution in [0, 0.1) is 0 Å². The normalized spacial score (nSPS) is 9.45. The summed E-state index contributed by atoms with van der Waals surface area (Å²) >= 11 is 0. The molecule has 0 bridgehead atoms. The highest BCUT2D eigenvalue weighted by Crippen LogP contribution is 2.13. The van der Waals surface area contributed by atoms with Gasteiger partial charge in [-0.2, -0.15) is 21.6 Å². The lowest BCUT2D eigenvalue weighted by molar-refractivity contribution is -0.192. The van der Waals surface area contributed by atoms with Gasteiger partial charge >= 0.3 is 28.5 Å². The van der Waals surface area contributed by atoms with Crippen molar-refractivity contribution >= 4 is 22.3 Å². The lowest BCUT2D eigenvalue weighted by Crippen LogP contribution is -2.21. The molecule has 0 fully saturated rings. The van der Waals surface area contributed by atoms with E-state index >= 15 is 0 Å². The van der Waals surface area contributed by atoms with E-state index in [1.165, 1.54) is 6.92 Å². The largest absolute Gasteiger partial charge is 0.490 e. The number of ether oxygens (including phenoxy) is 1. The number of rotatable bonds is 1. The van der Waals surface area contributed by atoms with E-state index < -0.39 is 22.5 Å². The van der Waals surface area contributed by atoms with Crippen LogP contribution in [0.2, 0.25) is 0 Å². The van der Waals surface area contributed by atoms with E-state index in [1.54, 1.807) is 6.92 Å². The summed E-state index contributed by atoms with van der Waals surface area (Å²) in [6.07, 6.45) is -5.08. The van der Waals surface area contributed by atoms with Gasteiger partial charge < -0.3 is 14.9 Å². The number of carboxylic acids is 1. The predicted octanol–water partition coefficient (Wildman–Crippen LogP) is 0.158. The number of alkyl halides is 3. The number of carbonyl (C=O) groups is 2. The zero-order valence-corrected chi connectivity index (χ0v) is 11.4. The molecule has 4 N–H and O–H groups in total. The summed E-state index contributed by atoms with van der Waals surface area (Å²) in [5.74, 6) is -2.97. The number of hydrogen-bond acceptors (Lipinski definition) is 6. The van der Waals surface area contributed by atoms with E-state index in [2.05, 4.69) is 4.74 Å². The van der Waals surface area contributed by atoms with Crippen LogP contribution in [0.15, 0.2) is 0 Å². The van der Waals surface area contributed by atoms with E-state index in [0.29, 0.717) is 6.61 Å². The van der Waals surface area contributed by atoms with Crippen LogP contribution < -0.4 is 0 Å². The van der Waals surface area contributed by atoms with Gasteiger partial charge in [-0.1, -0.05) is 0 Å². The third-order valence-corrected chi connectivity index (χ3v) is 0.590. The van der Waals surface area contributed by atoms with E-state index in [4.69, 9.17) is 32.5 Å². The Morgan fingerprint density at radius 3 is 1.35 bits per heavy atom. The second kappa shape index (κ2) is 14.0. The van der Waals surface area contributed by atoms with Crippen molar-refractivity contribution in [1.29, 1.82) is 0 Å². The first-order valence-corrected chi connectivity index (χ1v) is 5.69. The van der Waals surface area contributed by atoms with Crippen LogP contribution in [0.1, 0.15) is 13.8 Å². The molecule has 0 aliphatic carbocycles. The highest BCUT2D eigenvalue weighted by Gasteiger charge is 2.38. The van der Waals surface area contributed by atoms with E-state index in [1.807, 2.05) is 0 Å². The molecule has 124 valence electrons. The lowest BCUT2D eigenvalue weighted by atomic mass is 10.7. The minimum atomic E-state index is -5.08. The molecule has 20 heavy (non-hydrogen) atoms. The minimum absolute atomic E-state index is 0.211. The van der Waals surface area contributed by atoms with Crippen molar-refractivity contribution in [2.24, 2.45) is 0 Å². The van der Waals surface area contributed by atoms with Gasteiger partial charge in [-0.15, -0.1) is 0 Å². The molecule has 0 aromatic heterocycles. The van der Waals surface area contributed by atoms with Gasteiger partial charge in [-0.25, -0.2) is 4.79 Å². The fourth-order valence-electron chi connectivity index (χ4n) is 0.203. The number of carboxylic acid groups (broad SMARTS) is 1. The van der Waals surface area contributed by atoms with Gasteiger partial charge in [0.25, 0.3) is 0 Å². The Morgan fingerprint density at radius 2 is 1.35 bits per heavy atom. The Bertz CT molecular complexity index is 341. The summed E-state index contributed by atoms with van der Waals surface area (Å²) in [5.41, 5.74) is 0. The number of aliphatic hydroxyl groups excluding tert-OH is 1. The maximum Gasteiger partial charge on any atom is 0.490 e. The summed E-state index contributed by atoms with van der Waals surface area (Å²) in [7, 11) is -3.67. The smallest absolute Gasteiger partial charge is 0.475 e. The van der Waals surface area contributed by atoms with E-state index in [9.17, 15) is 18.0 Å². The van der Waals surface area contributed by atoms with Crippen molar-refractivity contribution in [3.63, 3.8) is 0 Å². The Kier molecular flexibility index (Phi) is 18.9. The van der Waals surface area contributed by atoms with Crippen LogP contribution in [-0.4, -0.2) is 59.6 Å². The standard InChI is InChI=1S/C4H8O2.C2HF3O2.CH4O.H2O4S/c1-3-6-4(2)5;3-2(4,5)1(6)7;1-2;1-5(2,3)4/h3H2,1-2H3;(H,6,7);2H,1H3;(H2,1,2,3,4). The molecule has 0 rings (SSSR count). The molecule has 0 aromatic carbocycles. The van der Waals surface area contributed by atoms with Gasteiger partial charge in [-0.05, 0) is 6.92 Å². The van der Waals surface area contributed by atoms with Gasteiger partial charge in [0.15, 0.2) is 0 Å². The number of aliphatic hydroxyl groups is 1. The first kappa shape index (κ1) is 27.0. The van der Waals surface area contributed by atoms with Crippen molar-refractivity contribution in [2.45, 2.75) is 20.0 Å². The third-order valence-electron chi connectivity index (χ3n) is 0.590. The van der Waals surface area contributed by atoms with Crippen LogP contribution >= 0.6 is 0 Å². The van der Waals surface area contributed by atoms with Crippen molar-refractivity contribution in [1.82, 2.24) is 0 Å². The number of halogens is 3. The Balaban J connectivity index is -0.0000000913. The molecule has 0 heterocycles. The zero-order chi connectivity index (χ0) is 17.6. The van der Waals surface area contributed by atoms with Gasteiger partial charge in [0.1, 0.15) is 0 Å². The minimum Gasteiger partial charge on any atom is -0.475 e. The first-order valence-electron chi connectivity index (χ1n) is 4.29. The molecule has 0 spiro atoms. The number of hydrogen-bond donors (Lipinski definition) is 4. The molecule has 0 radical (unpaired) electrons. The van der Waals surface area contributed by atoms with Crippen molar-refractivity contribution < 1.29 is 55.2 Å². The maximum atomic E-state index is 10.6. The highest BCUT2D eigenvalue weighted by atomic mass is 32.3. The fraction of sp³-hybridized carbons (Fsp3) is 0.714. The van der Waals surface area contributed by atoms with E-state index in [-0.39, 0.29) is 5.97 Å². The van der Waals surface area contributed by atoms with Crippen LogP contribution in [0.25, 0.3) is 0 Å². The summed E-state index contributed by atoms with van der Waals surface area (Å²) in [5, 5.41) is 14.1. The molecule has 0 unspecified atom stereocenters.